The standard InChI is InChI=1S/C15H18Cl2N2O2/c16-13-5-1-4-12(14(13)17)15(20)18-7-11-8-19-6-2-3-10(19)9-21-11/h1,4-5,10-11H,2-3,6-9H2,(H,18,20)/t10-,11-/m0/s1. The molecule has 0 aliphatic carbocycles. The molecular formula is C15H18Cl2N2O2. The maximum absolute atomic E-state index is 12.2. The fourth-order valence-corrected chi connectivity index (χ4v) is 3.38. The highest BCUT2D eigenvalue weighted by atomic mass is 35.5. The summed E-state index contributed by atoms with van der Waals surface area (Å²) in [5.74, 6) is -0.213. The summed E-state index contributed by atoms with van der Waals surface area (Å²) >= 11 is 12.0. The number of amides is 1. The van der Waals surface area contributed by atoms with E-state index in [2.05, 4.69) is 10.2 Å². The minimum atomic E-state index is -0.213. The highest BCUT2D eigenvalue weighted by molar-refractivity contribution is 6.43. The van der Waals surface area contributed by atoms with Crippen molar-refractivity contribution < 1.29 is 9.53 Å². The normalized spacial score (nSPS) is 25.6. The lowest BCUT2D eigenvalue weighted by atomic mass is 10.1. The maximum Gasteiger partial charge on any atom is 0.252 e. The van der Waals surface area contributed by atoms with Crippen LogP contribution in [0.3, 0.4) is 0 Å². The third-order valence-electron chi connectivity index (χ3n) is 4.15. The Morgan fingerprint density at radius 2 is 2.29 bits per heavy atom. The highest BCUT2D eigenvalue weighted by Gasteiger charge is 2.32. The van der Waals surface area contributed by atoms with Gasteiger partial charge in [-0.1, -0.05) is 29.3 Å². The van der Waals surface area contributed by atoms with E-state index in [0.717, 1.165) is 19.7 Å². The first-order valence-electron chi connectivity index (χ1n) is 7.23. The van der Waals surface area contributed by atoms with Crippen molar-refractivity contribution in [3.8, 4) is 0 Å². The Kier molecular flexibility index (Phi) is 4.69. The van der Waals surface area contributed by atoms with Gasteiger partial charge in [0.05, 0.1) is 28.3 Å². The van der Waals surface area contributed by atoms with Crippen molar-refractivity contribution in [2.75, 3.05) is 26.2 Å². The zero-order valence-electron chi connectivity index (χ0n) is 11.6. The molecule has 0 aromatic heterocycles. The Balaban J connectivity index is 1.55. The molecule has 1 amide bonds. The molecule has 1 N–H and O–H groups in total. The fourth-order valence-electron chi connectivity index (χ4n) is 2.99. The van der Waals surface area contributed by atoms with Gasteiger partial charge in [0.2, 0.25) is 0 Å². The van der Waals surface area contributed by atoms with E-state index < -0.39 is 0 Å². The van der Waals surface area contributed by atoms with E-state index in [9.17, 15) is 4.79 Å². The molecule has 2 fully saturated rings. The molecule has 2 heterocycles. The second kappa shape index (κ2) is 6.53. The van der Waals surface area contributed by atoms with Crippen molar-refractivity contribution in [2.45, 2.75) is 25.0 Å². The van der Waals surface area contributed by atoms with Crippen molar-refractivity contribution in [2.24, 2.45) is 0 Å². The SMILES string of the molecule is O=C(NC[C@H]1CN2CCC[C@H]2CO1)c1cccc(Cl)c1Cl. The minimum absolute atomic E-state index is 0.0428. The van der Waals surface area contributed by atoms with Crippen LogP contribution in [0.1, 0.15) is 23.2 Å². The van der Waals surface area contributed by atoms with E-state index in [1.165, 1.54) is 12.8 Å². The van der Waals surface area contributed by atoms with E-state index in [4.69, 9.17) is 27.9 Å². The first kappa shape index (κ1) is 15.1. The van der Waals surface area contributed by atoms with Gasteiger partial charge in [0, 0.05) is 19.1 Å². The van der Waals surface area contributed by atoms with Gasteiger partial charge >= 0.3 is 0 Å². The summed E-state index contributed by atoms with van der Waals surface area (Å²) in [6.07, 6.45) is 2.50. The number of carbonyl (C=O) groups is 1. The molecule has 0 unspecified atom stereocenters. The summed E-state index contributed by atoms with van der Waals surface area (Å²) in [5, 5.41) is 3.56. The lowest BCUT2D eigenvalue weighted by Crippen LogP contribution is -2.50. The maximum atomic E-state index is 12.2. The van der Waals surface area contributed by atoms with Gasteiger partial charge in [-0.3, -0.25) is 9.69 Å². The van der Waals surface area contributed by atoms with Gasteiger partial charge in [-0.2, -0.15) is 0 Å². The summed E-state index contributed by atoms with van der Waals surface area (Å²) in [6, 6.07) is 5.62. The van der Waals surface area contributed by atoms with Crippen LogP contribution in [0.5, 0.6) is 0 Å². The Morgan fingerprint density at radius 3 is 3.14 bits per heavy atom. The minimum Gasteiger partial charge on any atom is -0.373 e. The van der Waals surface area contributed by atoms with Gasteiger partial charge in [0.25, 0.3) is 5.91 Å². The van der Waals surface area contributed by atoms with Gasteiger partial charge < -0.3 is 10.1 Å². The first-order valence-corrected chi connectivity index (χ1v) is 7.98. The second-order valence-electron chi connectivity index (χ2n) is 5.56. The van der Waals surface area contributed by atoms with Crippen molar-refractivity contribution >= 4 is 29.1 Å². The third-order valence-corrected chi connectivity index (χ3v) is 4.97. The molecule has 1 aromatic rings. The largest absolute Gasteiger partial charge is 0.373 e. The predicted molar refractivity (Wildman–Crippen MR) is 83.1 cm³/mol. The number of morpholine rings is 1. The molecule has 6 heteroatoms. The zero-order chi connectivity index (χ0) is 14.8. The summed E-state index contributed by atoms with van der Waals surface area (Å²) < 4.78 is 5.82. The summed E-state index contributed by atoms with van der Waals surface area (Å²) in [6.45, 7) is 3.27. The molecule has 0 radical (unpaired) electrons. The topological polar surface area (TPSA) is 41.6 Å². The molecule has 114 valence electrons. The Bertz CT molecular complexity index is 538. The number of fused-ring (bicyclic) bond motifs is 1. The molecule has 0 saturated carbocycles. The van der Waals surface area contributed by atoms with Crippen molar-refractivity contribution in [3.05, 3.63) is 33.8 Å². The van der Waals surface area contributed by atoms with Crippen LogP contribution in [0.25, 0.3) is 0 Å². The van der Waals surface area contributed by atoms with Crippen LogP contribution in [0.4, 0.5) is 0 Å². The highest BCUT2D eigenvalue weighted by Crippen LogP contribution is 2.25. The van der Waals surface area contributed by atoms with Crippen LogP contribution < -0.4 is 5.32 Å². The second-order valence-corrected chi connectivity index (χ2v) is 6.34. The molecule has 2 aliphatic rings. The monoisotopic (exact) mass is 328 g/mol. The van der Waals surface area contributed by atoms with Gasteiger partial charge in [-0.15, -0.1) is 0 Å². The quantitative estimate of drug-likeness (QED) is 0.927. The number of rotatable bonds is 3. The summed E-state index contributed by atoms with van der Waals surface area (Å²) in [7, 11) is 0. The van der Waals surface area contributed by atoms with Crippen LogP contribution in [0.2, 0.25) is 10.0 Å². The third kappa shape index (κ3) is 3.34. The van der Waals surface area contributed by atoms with Crippen LogP contribution >= 0.6 is 23.2 Å². The molecule has 2 saturated heterocycles. The number of hydrogen-bond acceptors (Lipinski definition) is 3. The molecular weight excluding hydrogens is 311 g/mol. The summed E-state index contributed by atoms with van der Waals surface area (Å²) in [5.41, 5.74) is 0.402. The number of halogens is 2. The molecule has 2 atom stereocenters. The van der Waals surface area contributed by atoms with Gasteiger partial charge in [-0.25, -0.2) is 0 Å². The average molecular weight is 329 g/mol. The first-order chi connectivity index (χ1) is 10.1. The van der Waals surface area contributed by atoms with Crippen LogP contribution in [0.15, 0.2) is 18.2 Å². The number of ether oxygens (including phenoxy) is 1. The molecule has 0 spiro atoms. The molecule has 21 heavy (non-hydrogen) atoms. The van der Waals surface area contributed by atoms with Gasteiger partial charge in [-0.05, 0) is 31.5 Å². The van der Waals surface area contributed by atoms with E-state index >= 15 is 0 Å². The fraction of sp³-hybridized carbons (Fsp3) is 0.533. The van der Waals surface area contributed by atoms with Crippen molar-refractivity contribution in [3.63, 3.8) is 0 Å². The average Bonchev–Trinajstić information content (AvgIpc) is 2.95. The van der Waals surface area contributed by atoms with E-state index in [1.807, 2.05) is 0 Å². The van der Waals surface area contributed by atoms with Crippen molar-refractivity contribution in [1.82, 2.24) is 10.2 Å². The molecule has 4 nitrogen and oxygen atoms in total. The lowest BCUT2D eigenvalue weighted by Gasteiger charge is -2.35. The summed E-state index contributed by atoms with van der Waals surface area (Å²) in [4.78, 5) is 14.6. The lowest BCUT2D eigenvalue weighted by molar-refractivity contribution is -0.0461. The number of nitrogens with one attached hydrogen (secondary N) is 1. The molecule has 3 rings (SSSR count). The van der Waals surface area contributed by atoms with E-state index in [-0.39, 0.29) is 12.0 Å². The Hall–Kier alpha value is -0.810. The smallest absolute Gasteiger partial charge is 0.252 e. The molecule has 2 aliphatic heterocycles. The predicted octanol–water partition coefficient (Wildman–Crippen LogP) is 2.59. The van der Waals surface area contributed by atoms with Crippen LogP contribution in [-0.4, -0.2) is 49.2 Å². The molecule has 1 aromatic carbocycles. The Morgan fingerprint density at radius 1 is 1.43 bits per heavy atom. The van der Waals surface area contributed by atoms with Crippen LogP contribution in [0, 0.1) is 0 Å². The van der Waals surface area contributed by atoms with Crippen molar-refractivity contribution in [1.29, 1.82) is 0 Å². The van der Waals surface area contributed by atoms with Gasteiger partial charge in [0.1, 0.15) is 0 Å². The van der Waals surface area contributed by atoms with Gasteiger partial charge in [0.15, 0.2) is 0 Å². The zero-order valence-corrected chi connectivity index (χ0v) is 13.2. The van der Waals surface area contributed by atoms with E-state index in [0.29, 0.717) is 28.2 Å². The number of hydrogen-bond donors (Lipinski definition) is 1. The van der Waals surface area contributed by atoms with E-state index in [1.54, 1.807) is 18.2 Å². The number of carbonyl (C=O) groups excluding carboxylic acids is 1. The number of benzene rings is 1. The molecule has 0 bridgehead atoms. The van der Waals surface area contributed by atoms with Crippen LogP contribution in [-0.2, 0) is 4.74 Å². The Labute approximate surface area is 134 Å². The number of nitrogens with zero attached hydrogens (tertiary/aromatic N) is 1.